The Kier molecular flexibility index (Phi) is 14.4. The average Bonchev–Trinajstić information content (AvgIpc) is 3.39. The second-order valence-corrected chi connectivity index (χ2v) is 15.2. The molecule has 0 radical (unpaired) electrons. The summed E-state index contributed by atoms with van der Waals surface area (Å²) in [4.78, 5) is 15.7. The summed E-state index contributed by atoms with van der Waals surface area (Å²) in [6, 6.07) is 26.7. The predicted octanol–water partition coefficient (Wildman–Crippen LogP) is 11.5. The number of benzene rings is 7. The van der Waals surface area contributed by atoms with Crippen molar-refractivity contribution in [2.24, 2.45) is 5.11 Å². The Morgan fingerprint density at radius 3 is 1.18 bits per heavy atom. The summed E-state index contributed by atoms with van der Waals surface area (Å²) in [7, 11) is 0. The van der Waals surface area contributed by atoms with E-state index in [2.05, 4.69) is 10.0 Å². The van der Waals surface area contributed by atoms with Gasteiger partial charge in [0.05, 0.1) is 5.39 Å². The lowest BCUT2D eigenvalue weighted by Gasteiger charge is -2.44. The minimum absolute atomic E-state index is 0.0355. The summed E-state index contributed by atoms with van der Waals surface area (Å²) in [5.74, 6) is -71.4. The second kappa shape index (κ2) is 20.0. The van der Waals surface area contributed by atoms with Crippen LogP contribution in [-0.4, -0.2) is 11.9 Å². The number of aromatic nitrogens is 1. The van der Waals surface area contributed by atoms with Gasteiger partial charge < -0.3 is 0 Å². The van der Waals surface area contributed by atoms with E-state index < -0.39 is 144 Å². The Morgan fingerprint density at radius 2 is 0.795 bits per heavy atom. The van der Waals surface area contributed by atoms with Gasteiger partial charge in [-0.3, -0.25) is 4.79 Å². The highest BCUT2D eigenvalue weighted by Gasteiger charge is 2.52. The quantitative estimate of drug-likeness (QED) is 0.0163. The number of halogens is 20. The molecule has 0 N–H and O–H groups in total. The Morgan fingerprint density at radius 1 is 0.438 bits per heavy atom. The van der Waals surface area contributed by atoms with Crippen molar-refractivity contribution in [3.8, 4) is 11.3 Å². The van der Waals surface area contributed by atoms with E-state index in [1.165, 1.54) is 0 Å². The van der Waals surface area contributed by atoms with Gasteiger partial charge in [-0.1, -0.05) is 65.8 Å². The zero-order valence-electron chi connectivity index (χ0n) is 35.2. The fourth-order valence-corrected chi connectivity index (χ4v) is 8.22. The largest absolute Gasteiger partial charge is 0.287 e. The topological polar surface area (TPSA) is 69.7 Å². The van der Waals surface area contributed by atoms with Crippen LogP contribution in [-0.2, 0) is 6.54 Å². The summed E-state index contributed by atoms with van der Waals surface area (Å²) < 4.78 is 296. The van der Waals surface area contributed by atoms with E-state index in [4.69, 9.17) is 5.53 Å². The zero-order valence-corrected chi connectivity index (χ0v) is 35.2. The van der Waals surface area contributed by atoms with Gasteiger partial charge in [0, 0.05) is 27.8 Å². The van der Waals surface area contributed by atoms with E-state index >= 15 is 35.1 Å². The van der Waals surface area contributed by atoms with Crippen LogP contribution in [0.15, 0.2) is 96.2 Å². The molecular formula is C47H17BF20N4O. The molecule has 0 saturated carbocycles. The molecule has 0 saturated heterocycles. The highest BCUT2D eigenvalue weighted by molar-refractivity contribution is 7.20. The average molecular weight is 1040 g/mol. The molecule has 0 amide bonds. The minimum atomic E-state index is -7.22. The van der Waals surface area contributed by atoms with E-state index in [9.17, 15) is 57.5 Å². The number of fused-ring (bicyclic) bond motifs is 1. The highest BCUT2D eigenvalue weighted by atomic mass is 19.2. The van der Waals surface area contributed by atoms with Gasteiger partial charge in [-0.25, -0.2) is 87.8 Å². The standard InChI is InChI=1S/C24BF20.C23H17N4O/c26-5-1(6(27)14(35)21(42)13(5)34)25(2-7(28)15(36)22(43)16(37)8(2)29,3-9(30)17(38)23(44)18(39)10(3)31)4-11(32)19(40)24(45)20(41)12(4)33;24-26-25-20-11-6-10-19(15-20)23-21-12-5-4-7-17(21)13-14-27(23)16-22(28)18-8-2-1-3-9-18/h;1-15H,16H2/q-1;+1. The van der Waals surface area contributed by atoms with Gasteiger partial charge in [0.15, 0.2) is 76.0 Å². The van der Waals surface area contributed by atoms with Crippen molar-refractivity contribution in [1.82, 2.24) is 0 Å². The Labute approximate surface area is 393 Å². The molecule has 1 heterocycles. The van der Waals surface area contributed by atoms with Crippen LogP contribution in [0.2, 0.25) is 0 Å². The van der Waals surface area contributed by atoms with Crippen molar-refractivity contribution < 1.29 is 97.2 Å². The Bertz CT molecular complexity index is 3270. The second-order valence-electron chi connectivity index (χ2n) is 15.2. The molecular weight excluding hydrogens is 1030 g/mol. The van der Waals surface area contributed by atoms with Crippen molar-refractivity contribution in [2.75, 3.05) is 0 Å². The fourth-order valence-electron chi connectivity index (χ4n) is 8.22. The molecule has 0 fully saturated rings. The number of nitrogens with zero attached hydrogens (tertiary/aromatic N) is 4. The fraction of sp³-hybridized carbons (Fsp3) is 0.0213. The van der Waals surface area contributed by atoms with Crippen LogP contribution in [0.25, 0.3) is 32.5 Å². The first-order chi connectivity index (χ1) is 34.5. The van der Waals surface area contributed by atoms with Crippen LogP contribution >= 0.6 is 0 Å². The van der Waals surface area contributed by atoms with Gasteiger partial charge in [-0.15, -0.1) is 21.9 Å². The SMILES string of the molecule is Fc1c(F)c(F)c([B-](c2c(F)c(F)c(F)c(F)c2F)(c2c(F)c(F)c(F)c(F)c2F)c2c(F)c(F)c(F)c(F)c2F)c(F)c1F.[N-]=[N+]=Nc1cccc(-c2c3ccccc3cc[n+]2CC(=O)c2ccccc2)c1. The van der Waals surface area contributed by atoms with E-state index in [1.807, 2.05) is 89.6 Å². The smallest absolute Gasteiger partial charge is 0.227 e. The maximum atomic E-state index is 15.4. The van der Waals surface area contributed by atoms with Gasteiger partial charge in [0.2, 0.25) is 18.0 Å². The number of Topliss-reactive ketones (excluding diaryl/α,β-unsaturated/α-hetero) is 1. The minimum Gasteiger partial charge on any atom is -0.287 e. The molecule has 374 valence electrons. The Hall–Kier alpha value is -8.41. The van der Waals surface area contributed by atoms with Gasteiger partial charge in [-0.05, 0) is 29.1 Å². The first-order valence-corrected chi connectivity index (χ1v) is 19.8. The van der Waals surface area contributed by atoms with Gasteiger partial charge in [-0.2, -0.15) is 4.57 Å². The molecule has 8 rings (SSSR count). The number of ketones is 1. The van der Waals surface area contributed by atoms with E-state index in [-0.39, 0.29) is 12.3 Å². The third kappa shape index (κ3) is 8.49. The van der Waals surface area contributed by atoms with E-state index in [0.29, 0.717) is 11.3 Å². The molecule has 8 aromatic rings. The number of azide groups is 1. The molecule has 0 spiro atoms. The van der Waals surface area contributed by atoms with Crippen LogP contribution in [0.3, 0.4) is 0 Å². The third-order valence-corrected chi connectivity index (χ3v) is 11.3. The van der Waals surface area contributed by atoms with Crippen molar-refractivity contribution in [3.63, 3.8) is 0 Å². The van der Waals surface area contributed by atoms with Crippen molar-refractivity contribution in [2.45, 2.75) is 6.54 Å². The van der Waals surface area contributed by atoms with Crippen molar-refractivity contribution >= 4 is 50.2 Å². The molecule has 26 heteroatoms. The van der Waals surface area contributed by atoms with Crippen molar-refractivity contribution in [3.05, 3.63) is 223 Å². The number of carbonyl (C=O) groups is 1. The third-order valence-electron chi connectivity index (χ3n) is 11.3. The molecule has 7 aromatic carbocycles. The van der Waals surface area contributed by atoms with Gasteiger partial charge in [0.25, 0.3) is 0 Å². The highest BCUT2D eigenvalue weighted by Crippen LogP contribution is 2.32. The first kappa shape index (κ1) is 52.4. The first-order valence-electron chi connectivity index (χ1n) is 19.8. The normalized spacial score (nSPS) is 11.4. The van der Waals surface area contributed by atoms with Crippen molar-refractivity contribution in [1.29, 1.82) is 0 Å². The molecule has 0 bridgehead atoms. The van der Waals surface area contributed by atoms with Crippen LogP contribution < -0.4 is 26.4 Å². The molecule has 1 aromatic heterocycles. The molecule has 0 unspecified atom stereocenters. The summed E-state index contributed by atoms with van der Waals surface area (Å²) >= 11 is 0. The number of hydrogen-bond acceptors (Lipinski definition) is 2. The molecule has 0 aliphatic heterocycles. The van der Waals surface area contributed by atoms with Gasteiger partial charge in [0.1, 0.15) is 52.7 Å². The van der Waals surface area contributed by atoms with Crippen LogP contribution in [0.4, 0.5) is 93.5 Å². The summed E-state index contributed by atoms with van der Waals surface area (Å²) in [5, 5.41) is 5.83. The summed E-state index contributed by atoms with van der Waals surface area (Å²) in [6.45, 7) is 0.218. The molecule has 5 nitrogen and oxygen atoms in total. The zero-order chi connectivity index (χ0) is 53.7. The van der Waals surface area contributed by atoms with Crippen LogP contribution in [0, 0.1) is 116 Å². The lowest BCUT2D eigenvalue weighted by molar-refractivity contribution is -0.671. The van der Waals surface area contributed by atoms with Crippen LogP contribution in [0.5, 0.6) is 0 Å². The van der Waals surface area contributed by atoms with Gasteiger partial charge >= 0.3 is 0 Å². The lowest BCUT2D eigenvalue weighted by Crippen LogP contribution is -2.81. The number of pyridine rings is 1. The Balaban J connectivity index is 0.000000237. The molecule has 73 heavy (non-hydrogen) atoms. The van der Waals surface area contributed by atoms with E-state index in [0.717, 1.165) is 22.0 Å². The van der Waals surface area contributed by atoms with E-state index in [1.54, 1.807) is 6.07 Å². The monoisotopic (exact) mass is 1040 g/mol. The number of rotatable bonds is 9. The molecule has 0 atom stereocenters. The van der Waals surface area contributed by atoms with Crippen LogP contribution in [0.1, 0.15) is 10.4 Å². The maximum absolute atomic E-state index is 15.4. The lowest BCUT2D eigenvalue weighted by atomic mass is 9.12. The maximum Gasteiger partial charge on any atom is 0.227 e. The summed E-state index contributed by atoms with van der Waals surface area (Å²) in [5.41, 5.74) is -2.55. The molecule has 0 aliphatic rings. The summed E-state index contributed by atoms with van der Waals surface area (Å²) in [6.07, 6.45) is -5.29. The number of hydrogen-bond donors (Lipinski definition) is 0. The predicted molar refractivity (Wildman–Crippen MR) is 218 cm³/mol. The number of carbonyl (C=O) groups excluding carboxylic acids is 1. The molecule has 0 aliphatic carbocycles.